The fourth-order valence-corrected chi connectivity index (χ4v) is 3.39. The maximum atomic E-state index is 11.8. The zero-order chi connectivity index (χ0) is 16.9. The summed E-state index contributed by atoms with van der Waals surface area (Å²) in [5, 5.41) is 3.05. The van der Waals surface area contributed by atoms with Crippen LogP contribution in [0.3, 0.4) is 0 Å². The summed E-state index contributed by atoms with van der Waals surface area (Å²) in [6, 6.07) is 10.2. The van der Waals surface area contributed by atoms with Gasteiger partial charge in [-0.3, -0.25) is 4.79 Å². The monoisotopic (exact) mass is 340 g/mol. The van der Waals surface area contributed by atoms with Crippen LogP contribution in [0, 0.1) is 5.92 Å². The highest BCUT2D eigenvalue weighted by molar-refractivity contribution is 7.13. The molecule has 0 amide bonds. The summed E-state index contributed by atoms with van der Waals surface area (Å²) in [5.41, 5.74) is 2.16. The number of ether oxygens (including phenoxy) is 1. The summed E-state index contributed by atoms with van der Waals surface area (Å²) >= 11 is 1.63. The molecule has 1 aromatic carbocycles. The average Bonchev–Trinajstić information content (AvgIpc) is 3.12. The largest absolute Gasteiger partial charge is 0.466 e. The highest BCUT2D eigenvalue weighted by Crippen LogP contribution is 2.30. The van der Waals surface area contributed by atoms with E-state index in [2.05, 4.69) is 23.6 Å². The number of benzene rings is 1. The number of carbonyl (C=O) groups excluding carboxylic acids is 1. The van der Waals surface area contributed by atoms with Crippen LogP contribution in [0.4, 0.5) is 5.82 Å². The predicted octanol–water partition coefficient (Wildman–Crippen LogP) is 4.27. The lowest BCUT2D eigenvalue weighted by molar-refractivity contribution is -0.146. The third kappa shape index (κ3) is 3.57. The van der Waals surface area contributed by atoms with Gasteiger partial charge in [-0.2, -0.15) is 0 Å². The molecular weight excluding hydrogens is 320 g/mol. The molecule has 1 atom stereocenters. The number of hydrogen-bond acceptors (Lipinski definition) is 5. The molecule has 1 heterocycles. The van der Waals surface area contributed by atoms with Gasteiger partial charge < -0.3 is 9.64 Å². The van der Waals surface area contributed by atoms with E-state index in [0.717, 1.165) is 22.1 Å². The number of hydrogen-bond donors (Lipinski definition) is 0. The second-order valence-electron chi connectivity index (χ2n) is 5.52. The second kappa shape index (κ2) is 7.45. The quantitative estimate of drug-likeness (QED) is 0.762. The van der Waals surface area contributed by atoms with Crippen LogP contribution in [0.25, 0.3) is 10.6 Å². The van der Waals surface area contributed by atoms with Gasteiger partial charge in [-0.25, -0.2) is 4.98 Å². The summed E-state index contributed by atoms with van der Waals surface area (Å²) < 4.78 is 5.07. The van der Waals surface area contributed by atoms with Gasteiger partial charge in [0.15, 0.2) is 0 Å². The van der Waals surface area contributed by atoms with E-state index in [0.29, 0.717) is 13.0 Å². The maximum absolute atomic E-state index is 11.8. The first-order chi connectivity index (χ1) is 11.7. The van der Waals surface area contributed by atoms with Crippen molar-refractivity contribution in [3.8, 4) is 10.6 Å². The highest BCUT2D eigenvalue weighted by Gasteiger charge is 2.20. The minimum absolute atomic E-state index is 0.160. The van der Waals surface area contributed by atoms with Gasteiger partial charge in [-0.1, -0.05) is 42.5 Å². The predicted molar refractivity (Wildman–Crippen MR) is 97.9 cm³/mol. The zero-order valence-electron chi connectivity index (χ0n) is 13.8. The third-order valence-corrected chi connectivity index (χ3v) is 4.79. The third-order valence-electron chi connectivity index (χ3n) is 3.91. The van der Waals surface area contributed by atoms with E-state index < -0.39 is 0 Å². The molecule has 124 valence electrons. The molecule has 0 radical (unpaired) electrons. The Morgan fingerprint density at radius 2 is 2.17 bits per heavy atom. The molecule has 1 aromatic heterocycles. The van der Waals surface area contributed by atoms with Crippen molar-refractivity contribution in [2.75, 3.05) is 18.6 Å². The van der Waals surface area contributed by atoms with Crippen molar-refractivity contribution in [1.29, 1.82) is 0 Å². The van der Waals surface area contributed by atoms with Crippen LogP contribution in [0.15, 0.2) is 59.6 Å². The number of anilines is 1. The molecule has 2 aromatic rings. The molecular formula is C19H20N2O2S. The molecule has 3 rings (SSSR count). The molecule has 0 aliphatic heterocycles. The van der Waals surface area contributed by atoms with Crippen LogP contribution in [-0.4, -0.2) is 24.6 Å². The number of rotatable bonds is 5. The van der Waals surface area contributed by atoms with Crippen LogP contribution < -0.4 is 4.90 Å². The van der Waals surface area contributed by atoms with Crippen molar-refractivity contribution < 1.29 is 9.53 Å². The van der Waals surface area contributed by atoms with Gasteiger partial charge in [-0.05, 0) is 19.4 Å². The summed E-state index contributed by atoms with van der Waals surface area (Å²) in [7, 11) is 1.99. The van der Waals surface area contributed by atoms with E-state index in [1.807, 2.05) is 49.2 Å². The summed E-state index contributed by atoms with van der Waals surface area (Å²) in [6.07, 6.45) is 6.59. The van der Waals surface area contributed by atoms with Gasteiger partial charge in [0.2, 0.25) is 0 Å². The molecule has 0 bridgehead atoms. The maximum Gasteiger partial charge on any atom is 0.313 e. The lowest BCUT2D eigenvalue weighted by atomic mass is 9.99. The molecule has 0 saturated heterocycles. The van der Waals surface area contributed by atoms with Gasteiger partial charge in [0, 0.05) is 23.7 Å². The van der Waals surface area contributed by atoms with Gasteiger partial charge in [0.1, 0.15) is 10.8 Å². The molecule has 0 fully saturated rings. The Kier molecular flexibility index (Phi) is 5.11. The van der Waals surface area contributed by atoms with Crippen molar-refractivity contribution >= 4 is 23.1 Å². The van der Waals surface area contributed by atoms with Crippen LogP contribution in [-0.2, 0) is 9.53 Å². The van der Waals surface area contributed by atoms with E-state index in [9.17, 15) is 4.79 Å². The Hall–Kier alpha value is -2.40. The van der Waals surface area contributed by atoms with Crippen molar-refractivity contribution in [2.45, 2.75) is 13.3 Å². The minimum atomic E-state index is -0.183. The first-order valence-corrected chi connectivity index (χ1v) is 8.86. The van der Waals surface area contributed by atoms with Crippen LogP contribution in [0.2, 0.25) is 0 Å². The summed E-state index contributed by atoms with van der Waals surface area (Å²) in [4.78, 5) is 18.5. The number of aromatic nitrogens is 1. The Balaban J connectivity index is 1.70. The molecule has 5 heteroatoms. The van der Waals surface area contributed by atoms with Crippen molar-refractivity contribution in [1.82, 2.24) is 4.98 Å². The summed E-state index contributed by atoms with van der Waals surface area (Å²) in [6.45, 7) is 2.24. The van der Waals surface area contributed by atoms with E-state index in [1.165, 1.54) is 0 Å². The number of allylic oxidation sites excluding steroid dienone is 2. The number of esters is 1. The zero-order valence-corrected chi connectivity index (χ0v) is 14.6. The van der Waals surface area contributed by atoms with E-state index >= 15 is 0 Å². The Bertz CT molecular complexity index is 765. The molecule has 1 unspecified atom stereocenters. The summed E-state index contributed by atoms with van der Waals surface area (Å²) in [5.74, 6) is 0.563. The van der Waals surface area contributed by atoms with Crippen molar-refractivity contribution in [2.24, 2.45) is 5.92 Å². The van der Waals surface area contributed by atoms with Gasteiger partial charge in [0.05, 0.1) is 12.5 Å². The molecule has 0 N–H and O–H groups in total. The standard InChI is InChI=1S/C19H20N2O2S/c1-3-23-19(22)15-9-11-16(12-10-15)21(2)17-13-24-18(20-17)14-7-5-4-6-8-14/h4-9,11-13,15H,3,10H2,1-2H3. The number of carbonyl (C=O) groups is 1. The molecule has 1 aliphatic carbocycles. The lowest BCUT2D eigenvalue weighted by Crippen LogP contribution is -2.21. The normalized spacial score (nSPS) is 16.6. The smallest absolute Gasteiger partial charge is 0.313 e. The van der Waals surface area contributed by atoms with Gasteiger partial charge in [0.25, 0.3) is 0 Å². The van der Waals surface area contributed by atoms with E-state index in [1.54, 1.807) is 11.3 Å². The SMILES string of the molecule is CCOC(=O)C1C=CC(N(C)c2csc(-c3ccccc3)n2)=CC1. The molecule has 4 nitrogen and oxygen atoms in total. The first-order valence-electron chi connectivity index (χ1n) is 7.98. The fraction of sp³-hybridized carbons (Fsp3) is 0.263. The molecule has 0 saturated carbocycles. The van der Waals surface area contributed by atoms with Crippen molar-refractivity contribution in [3.05, 3.63) is 59.6 Å². The van der Waals surface area contributed by atoms with Crippen LogP contribution in [0.1, 0.15) is 13.3 Å². The van der Waals surface area contributed by atoms with Gasteiger partial charge in [-0.15, -0.1) is 11.3 Å². The molecule has 24 heavy (non-hydrogen) atoms. The van der Waals surface area contributed by atoms with E-state index in [-0.39, 0.29) is 11.9 Å². The highest BCUT2D eigenvalue weighted by atomic mass is 32.1. The molecule has 0 spiro atoms. The lowest BCUT2D eigenvalue weighted by Gasteiger charge is -2.22. The second-order valence-corrected chi connectivity index (χ2v) is 6.38. The molecule has 1 aliphatic rings. The first kappa shape index (κ1) is 16.5. The van der Waals surface area contributed by atoms with E-state index in [4.69, 9.17) is 9.72 Å². The Morgan fingerprint density at radius 1 is 1.38 bits per heavy atom. The van der Waals surface area contributed by atoms with Crippen molar-refractivity contribution in [3.63, 3.8) is 0 Å². The number of thiazole rings is 1. The minimum Gasteiger partial charge on any atom is -0.466 e. The average molecular weight is 340 g/mol. The Labute approximate surface area is 146 Å². The topological polar surface area (TPSA) is 42.4 Å². The van der Waals surface area contributed by atoms with Crippen LogP contribution >= 0.6 is 11.3 Å². The number of nitrogens with zero attached hydrogens (tertiary/aromatic N) is 2. The van der Waals surface area contributed by atoms with Gasteiger partial charge >= 0.3 is 5.97 Å². The number of likely N-dealkylation sites (N-methyl/N-ethyl adjacent to an activating group) is 1. The fourth-order valence-electron chi connectivity index (χ4n) is 2.55. The van der Waals surface area contributed by atoms with Crippen LogP contribution in [0.5, 0.6) is 0 Å². The Morgan fingerprint density at radius 3 is 2.83 bits per heavy atom.